The van der Waals surface area contributed by atoms with E-state index in [0.29, 0.717) is 16.5 Å². The number of benzene rings is 2. The molecule has 1 aromatic heterocycles. The van der Waals surface area contributed by atoms with E-state index in [-0.39, 0.29) is 11.4 Å². The number of thiazole rings is 1. The van der Waals surface area contributed by atoms with Gasteiger partial charge in [-0.2, -0.15) is 5.10 Å². The fourth-order valence-corrected chi connectivity index (χ4v) is 2.89. The van der Waals surface area contributed by atoms with Crippen LogP contribution >= 0.6 is 11.3 Å². The maximum absolute atomic E-state index is 10.7. The fourth-order valence-electron chi connectivity index (χ4n) is 2.23. The van der Waals surface area contributed by atoms with Crippen molar-refractivity contribution in [3.63, 3.8) is 0 Å². The molecule has 0 radical (unpaired) electrons. The van der Waals surface area contributed by atoms with Gasteiger partial charge in [0.05, 0.1) is 21.3 Å². The molecule has 0 aliphatic heterocycles. The van der Waals surface area contributed by atoms with Crippen molar-refractivity contribution in [2.45, 2.75) is 6.92 Å². The lowest BCUT2D eigenvalue weighted by Gasteiger charge is -2.01. The minimum atomic E-state index is -0.455. The summed E-state index contributed by atoms with van der Waals surface area (Å²) in [4.78, 5) is 24.9. The lowest BCUT2D eigenvalue weighted by molar-refractivity contribution is -0.385. The minimum Gasteiger partial charge on any atom is -0.258 e. The van der Waals surface area contributed by atoms with Crippen LogP contribution in [0.4, 0.5) is 16.5 Å². The van der Waals surface area contributed by atoms with Crippen LogP contribution in [-0.4, -0.2) is 20.5 Å². The fraction of sp³-hybridized carbons (Fsp3) is 0.0588. The maximum Gasteiger partial charge on any atom is 0.269 e. The summed E-state index contributed by atoms with van der Waals surface area (Å²) in [6, 6.07) is 12.2. The van der Waals surface area contributed by atoms with Crippen LogP contribution in [-0.2, 0) is 0 Å². The number of aromatic nitrogens is 1. The van der Waals surface area contributed by atoms with Crippen LogP contribution in [0.25, 0.3) is 11.3 Å². The molecule has 0 unspecified atom stereocenters. The second-order valence-electron chi connectivity index (χ2n) is 5.45. The molecule has 1 N–H and O–H groups in total. The van der Waals surface area contributed by atoms with Crippen molar-refractivity contribution in [1.82, 2.24) is 4.98 Å². The molecule has 3 aromatic rings. The Labute approximate surface area is 157 Å². The van der Waals surface area contributed by atoms with Crippen LogP contribution in [0.1, 0.15) is 12.5 Å². The van der Waals surface area contributed by atoms with E-state index >= 15 is 0 Å². The number of nitro groups is 2. The number of anilines is 1. The number of non-ortho nitro benzene ring substituents is 2. The quantitative estimate of drug-likeness (QED) is 0.381. The van der Waals surface area contributed by atoms with Gasteiger partial charge in [-0.15, -0.1) is 11.3 Å². The highest BCUT2D eigenvalue weighted by Gasteiger charge is 2.09. The Morgan fingerprint density at radius 3 is 2.11 bits per heavy atom. The predicted octanol–water partition coefficient (Wildman–Crippen LogP) is 4.46. The molecule has 9 nitrogen and oxygen atoms in total. The first-order chi connectivity index (χ1) is 12.9. The van der Waals surface area contributed by atoms with Gasteiger partial charge in [-0.25, -0.2) is 4.98 Å². The molecule has 0 bridgehead atoms. The number of nitro benzene ring substituents is 2. The van der Waals surface area contributed by atoms with E-state index in [4.69, 9.17) is 0 Å². The predicted molar refractivity (Wildman–Crippen MR) is 103 cm³/mol. The average Bonchev–Trinajstić information content (AvgIpc) is 3.15. The van der Waals surface area contributed by atoms with Crippen LogP contribution < -0.4 is 5.43 Å². The summed E-state index contributed by atoms with van der Waals surface area (Å²) in [5, 5.41) is 28.0. The van der Waals surface area contributed by atoms with Gasteiger partial charge in [0.1, 0.15) is 0 Å². The second-order valence-corrected chi connectivity index (χ2v) is 6.31. The third-order valence-electron chi connectivity index (χ3n) is 3.69. The smallest absolute Gasteiger partial charge is 0.258 e. The lowest BCUT2D eigenvalue weighted by Crippen LogP contribution is -2.00. The Morgan fingerprint density at radius 2 is 1.56 bits per heavy atom. The number of rotatable bonds is 6. The first-order valence-corrected chi connectivity index (χ1v) is 8.57. The minimum absolute atomic E-state index is 0.0205. The third-order valence-corrected chi connectivity index (χ3v) is 4.44. The zero-order valence-electron chi connectivity index (χ0n) is 14.0. The number of nitrogens with one attached hydrogen (secondary N) is 1. The topological polar surface area (TPSA) is 124 Å². The number of hydrogen-bond acceptors (Lipinski definition) is 8. The summed E-state index contributed by atoms with van der Waals surface area (Å²) < 4.78 is 0. The number of hydrazone groups is 1. The highest BCUT2D eigenvalue weighted by atomic mass is 32.1. The van der Waals surface area contributed by atoms with E-state index in [1.807, 2.05) is 5.38 Å². The van der Waals surface area contributed by atoms with Crippen LogP contribution in [0, 0.1) is 20.2 Å². The third kappa shape index (κ3) is 4.30. The Hall–Kier alpha value is -3.66. The van der Waals surface area contributed by atoms with Gasteiger partial charge in [0, 0.05) is 35.2 Å². The molecule has 0 saturated heterocycles. The highest BCUT2D eigenvalue weighted by molar-refractivity contribution is 7.14. The molecule has 3 rings (SSSR count). The van der Waals surface area contributed by atoms with Crippen LogP contribution in [0.5, 0.6) is 0 Å². The van der Waals surface area contributed by atoms with Gasteiger partial charge in [-0.05, 0) is 36.8 Å². The molecule has 0 aliphatic carbocycles. The summed E-state index contributed by atoms with van der Waals surface area (Å²) in [7, 11) is 0. The standard InChI is InChI=1S/C17H13N5O4S/c1-11(12-2-6-14(7-3-12)21(23)24)19-20-17-18-16(10-27-17)13-4-8-15(9-5-13)22(25)26/h2-10H,1H3,(H,18,20)/b19-11+. The van der Waals surface area contributed by atoms with Crippen molar-refractivity contribution in [2.75, 3.05) is 5.43 Å². The Kier molecular flexibility index (Phi) is 5.18. The lowest BCUT2D eigenvalue weighted by atomic mass is 10.1. The van der Waals surface area contributed by atoms with Crippen molar-refractivity contribution >= 4 is 33.6 Å². The normalized spacial score (nSPS) is 11.2. The van der Waals surface area contributed by atoms with Gasteiger partial charge >= 0.3 is 0 Å². The highest BCUT2D eigenvalue weighted by Crippen LogP contribution is 2.26. The monoisotopic (exact) mass is 383 g/mol. The van der Waals surface area contributed by atoms with Gasteiger partial charge in [0.25, 0.3) is 11.4 Å². The number of nitrogens with zero attached hydrogens (tertiary/aromatic N) is 4. The van der Waals surface area contributed by atoms with Crippen molar-refractivity contribution in [3.05, 3.63) is 79.7 Å². The summed E-state index contributed by atoms with van der Waals surface area (Å²) in [6.45, 7) is 1.78. The largest absolute Gasteiger partial charge is 0.269 e. The first kappa shape index (κ1) is 18.1. The molecule has 0 saturated carbocycles. The van der Waals surface area contributed by atoms with Crippen molar-refractivity contribution in [2.24, 2.45) is 5.10 Å². The molecule has 0 amide bonds. The van der Waals surface area contributed by atoms with E-state index in [1.54, 1.807) is 31.2 Å². The summed E-state index contributed by atoms with van der Waals surface area (Å²) in [6.07, 6.45) is 0. The van der Waals surface area contributed by atoms with Gasteiger partial charge in [-0.3, -0.25) is 25.7 Å². The summed E-state index contributed by atoms with van der Waals surface area (Å²) >= 11 is 1.35. The molecule has 27 heavy (non-hydrogen) atoms. The van der Waals surface area contributed by atoms with Crippen molar-refractivity contribution in [3.8, 4) is 11.3 Å². The SMILES string of the molecule is C/C(=N\Nc1nc(-c2ccc([N+](=O)[O-])cc2)cs1)c1ccc([N+](=O)[O-])cc1. The molecule has 136 valence electrons. The van der Waals surface area contributed by atoms with Crippen LogP contribution in [0.2, 0.25) is 0 Å². The van der Waals surface area contributed by atoms with E-state index < -0.39 is 9.85 Å². The molecule has 0 aliphatic rings. The maximum atomic E-state index is 10.7. The molecule has 0 fully saturated rings. The molecule has 0 spiro atoms. The van der Waals surface area contributed by atoms with E-state index in [2.05, 4.69) is 15.5 Å². The van der Waals surface area contributed by atoms with E-state index in [9.17, 15) is 20.2 Å². The summed E-state index contributed by atoms with van der Waals surface area (Å²) in [5.41, 5.74) is 5.74. The molecular weight excluding hydrogens is 370 g/mol. The Balaban J connectivity index is 1.70. The average molecular weight is 383 g/mol. The van der Waals surface area contributed by atoms with Crippen LogP contribution in [0.3, 0.4) is 0 Å². The molecule has 10 heteroatoms. The van der Waals surface area contributed by atoms with E-state index in [1.165, 1.54) is 35.6 Å². The molecule has 2 aromatic carbocycles. The molecular formula is C17H13N5O4S. The Bertz CT molecular complexity index is 1010. The van der Waals surface area contributed by atoms with Gasteiger partial charge in [-0.1, -0.05) is 0 Å². The van der Waals surface area contributed by atoms with Crippen molar-refractivity contribution in [1.29, 1.82) is 0 Å². The van der Waals surface area contributed by atoms with Gasteiger partial charge in [0.15, 0.2) is 0 Å². The van der Waals surface area contributed by atoms with Crippen LogP contribution in [0.15, 0.2) is 59.0 Å². The van der Waals surface area contributed by atoms with E-state index in [0.717, 1.165) is 11.1 Å². The number of hydrogen-bond donors (Lipinski definition) is 1. The first-order valence-electron chi connectivity index (χ1n) is 7.69. The zero-order chi connectivity index (χ0) is 19.4. The Morgan fingerprint density at radius 1 is 1.00 bits per heavy atom. The van der Waals surface area contributed by atoms with Crippen molar-refractivity contribution < 1.29 is 9.85 Å². The molecule has 1 heterocycles. The summed E-state index contributed by atoms with van der Waals surface area (Å²) in [5.74, 6) is 0. The van der Waals surface area contributed by atoms with Gasteiger partial charge < -0.3 is 0 Å². The van der Waals surface area contributed by atoms with Gasteiger partial charge in [0.2, 0.25) is 5.13 Å². The molecule has 0 atom stereocenters. The zero-order valence-corrected chi connectivity index (χ0v) is 14.8. The second kappa shape index (κ2) is 7.70.